The normalized spacial score (nSPS) is 33.2. The topological polar surface area (TPSA) is 44.7 Å². The number of piperidine rings is 1. The molecule has 4 heteroatoms. The zero-order valence-electron chi connectivity index (χ0n) is 11.4. The Balaban J connectivity index is 1.82. The lowest BCUT2D eigenvalue weighted by Crippen LogP contribution is -2.54. The number of aliphatic hydroxyl groups excluding tert-OH is 1. The molecule has 0 aromatic heterocycles. The van der Waals surface area contributed by atoms with Crippen molar-refractivity contribution in [1.29, 1.82) is 0 Å². The van der Waals surface area contributed by atoms with Gasteiger partial charge in [0.15, 0.2) is 0 Å². The Bertz CT molecular complexity index is 452. The van der Waals surface area contributed by atoms with Gasteiger partial charge in [-0.2, -0.15) is 0 Å². The minimum Gasteiger partial charge on any atom is -0.497 e. The maximum Gasteiger partial charge on any atom is 0.120 e. The minimum absolute atomic E-state index is 0.167. The van der Waals surface area contributed by atoms with Crippen LogP contribution in [0.5, 0.6) is 5.75 Å². The first-order valence-electron chi connectivity index (χ1n) is 7.01. The number of methoxy groups -OCH3 is 1. The maximum atomic E-state index is 9.94. The molecule has 19 heavy (non-hydrogen) atoms. The molecule has 4 nitrogen and oxygen atoms in total. The highest BCUT2D eigenvalue weighted by molar-refractivity contribution is 5.50. The first-order valence-corrected chi connectivity index (χ1v) is 7.01. The highest BCUT2D eigenvalue weighted by Gasteiger charge is 2.45. The van der Waals surface area contributed by atoms with Gasteiger partial charge in [-0.3, -0.25) is 0 Å². The molecule has 2 heterocycles. The molecule has 0 saturated carbocycles. The Kier molecular flexibility index (Phi) is 3.37. The molecule has 0 radical (unpaired) electrons. The van der Waals surface area contributed by atoms with Gasteiger partial charge in [-0.1, -0.05) is 6.07 Å². The van der Waals surface area contributed by atoms with E-state index in [4.69, 9.17) is 4.74 Å². The van der Waals surface area contributed by atoms with E-state index in [0.717, 1.165) is 30.9 Å². The molecular weight excluding hydrogens is 240 g/mol. The predicted molar refractivity (Wildman–Crippen MR) is 75.6 cm³/mol. The SMILES string of the molecule is COc1cccc(NC2(CO)CCN3CCC2C3)c1. The molecule has 2 aliphatic heterocycles. The molecule has 2 fully saturated rings. The first-order chi connectivity index (χ1) is 9.25. The van der Waals surface area contributed by atoms with Crippen LogP contribution in [0.25, 0.3) is 0 Å². The van der Waals surface area contributed by atoms with E-state index in [1.165, 1.54) is 13.0 Å². The number of benzene rings is 1. The molecule has 0 aliphatic carbocycles. The minimum atomic E-state index is -0.167. The van der Waals surface area contributed by atoms with Crippen molar-refractivity contribution in [3.05, 3.63) is 24.3 Å². The number of anilines is 1. The van der Waals surface area contributed by atoms with Crippen LogP contribution in [0.1, 0.15) is 12.8 Å². The zero-order chi connectivity index (χ0) is 13.3. The van der Waals surface area contributed by atoms with E-state index < -0.39 is 0 Å². The fourth-order valence-corrected chi connectivity index (χ4v) is 3.45. The van der Waals surface area contributed by atoms with Gasteiger partial charge in [-0.25, -0.2) is 0 Å². The monoisotopic (exact) mass is 262 g/mol. The average molecular weight is 262 g/mol. The van der Waals surface area contributed by atoms with Crippen LogP contribution >= 0.6 is 0 Å². The van der Waals surface area contributed by atoms with Gasteiger partial charge in [-0.15, -0.1) is 0 Å². The van der Waals surface area contributed by atoms with E-state index >= 15 is 0 Å². The van der Waals surface area contributed by atoms with Gasteiger partial charge < -0.3 is 20.1 Å². The fourth-order valence-electron chi connectivity index (χ4n) is 3.45. The number of nitrogens with one attached hydrogen (secondary N) is 1. The second kappa shape index (κ2) is 5.02. The highest BCUT2D eigenvalue weighted by Crippen LogP contribution is 2.38. The van der Waals surface area contributed by atoms with Crippen molar-refractivity contribution >= 4 is 5.69 Å². The van der Waals surface area contributed by atoms with Crippen LogP contribution < -0.4 is 10.1 Å². The summed E-state index contributed by atoms with van der Waals surface area (Å²) in [4.78, 5) is 2.49. The van der Waals surface area contributed by atoms with E-state index in [-0.39, 0.29) is 12.1 Å². The predicted octanol–water partition coefficient (Wildman–Crippen LogP) is 1.56. The van der Waals surface area contributed by atoms with E-state index in [2.05, 4.69) is 10.2 Å². The van der Waals surface area contributed by atoms with Crippen molar-refractivity contribution in [3.63, 3.8) is 0 Å². The Labute approximate surface area is 114 Å². The summed E-state index contributed by atoms with van der Waals surface area (Å²) in [7, 11) is 1.68. The van der Waals surface area contributed by atoms with E-state index in [0.29, 0.717) is 5.92 Å². The van der Waals surface area contributed by atoms with Crippen molar-refractivity contribution in [2.75, 3.05) is 38.7 Å². The van der Waals surface area contributed by atoms with Crippen molar-refractivity contribution in [1.82, 2.24) is 4.90 Å². The number of aliphatic hydroxyl groups is 1. The van der Waals surface area contributed by atoms with Gasteiger partial charge in [0.05, 0.1) is 19.3 Å². The van der Waals surface area contributed by atoms with Crippen molar-refractivity contribution in [2.45, 2.75) is 18.4 Å². The smallest absolute Gasteiger partial charge is 0.120 e. The molecule has 3 atom stereocenters. The Morgan fingerprint density at radius 2 is 2.37 bits per heavy atom. The zero-order valence-corrected chi connectivity index (χ0v) is 11.4. The Morgan fingerprint density at radius 1 is 1.47 bits per heavy atom. The van der Waals surface area contributed by atoms with Crippen LogP contribution in [0.4, 0.5) is 5.69 Å². The summed E-state index contributed by atoms with van der Waals surface area (Å²) >= 11 is 0. The summed E-state index contributed by atoms with van der Waals surface area (Å²) in [5.41, 5.74) is 0.869. The number of hydrogen-bond acceptors (Lipinski definition) is 4. The molecule has 0 spiro atoms. The summed E-state index contributed by atoms with van der Waals surface area (Å²) < 4.78 is 5.26. The number of ether oxygens (including phenoxy) is 1. The third-order valence-corrected chi connectivity index (χ3v) is 4.67. The molecule has 1 aromatic carbocycles. The van der Waals surface area contributed by atoms with Crippen LogP contribution in [0.15, 0.2) is 24.3 Å². The average Bonchev–Trinajstić information content (AvgIpc) is 2.87. The van der Waals surface area contributed by atoms with Crippen LogP contribution in [0.3, 0.4) is 0 Å². The lowest BCUT2D eigenvalue weighted by atomic mass is 9.79. The van der Waals surface area contributed by atoms with Crippen LogP contribution in [-0.4, -0.2) is 48.9 Å². The van der Waals surface area contributed by atoms with Crippen LogP contribution in [-0.2, 0) is 0 Å². The van der Waals surface area contributed by atoms with E-state index in [1.54, 1.807) is 7.11 Å². The number of hydrogen-bond donors (Lipinski definition) is 2. The standard InChI is InChI=1S/C15H22N2O2/c1-19-14-4-2-3-13(9-14)16-15(11-18)6-8-17-7-5-12(15)10-17/h2-4,9,12,16,18H,5-8,10-11H2,1H3. The second-order valence-corrected chi connectivity index (χ2v) is 5.71. The second-order valence-electron chi connectivity index (χ2n) is 5.71. The molecule has 3 rings (SSSR count). The Hall–Kier alpha value is -1.26. The van der Waals surface area contributed by atoms with Crippen molar-refractivity contribution in [2.24, 2.45) is 5.92 Å². The highest BCUT2D eigenvalue weighted by atomic mass is 16.5. The molecule has 0 amide bonds. The summed E-state index contributed by atoms with van der Waals surface area (Å²) in [5, 5.41) is 13.5. The summed E-state index contributed by atoms with van der Waals surface area (Å²) in [6.07, 6.45) is 2.18. The largest absolute Gasteiger partial charge is 0.497 e. The summed E-state index contributed by atoms with van der Waals surface area (Å²) in [6.45, 7) is 3.56. The lowest BCUT2D eigenvalue weighted by Gasteiger charge is -2.43. The third kappa shape index (κ3) is 2.30. The molecule has 104 valence electrons. The third-order valence-electron chi connectivity index (χ3n) is 4.67. The summed E-state index contributed by atoms with van der Waals surface area (Å²) in [5.74, 6) is 1.39. The molecule has 1 aromatic rings. The first kappa shape index (κ1) is 12.8. The maximum absolute atomic E-state index is 9.94. The van der Waals surface area contributed by atoms with Gasteiger partial charge in [0.2, 0.25) is 0 Å². The van der Waals surface area contributed by atoms with E-state index in [9.17, 15) is 5.11 Å². The van der Waals surface area contributed by atoms with Gasteiger partial charge in [0.25, 0.3) is 0 Å². The number of rotatable bonds is 4. The van der Waals surface area contributed by atoms with Crippen molar-refractivity contribution in [3.8, 4) is 5.75 Å². The molecular formula is C15H22N2O2. The number of nitrogens with zero attached hydrogens (tertiary/aromatic N) is 1. The van der Waals surface area contributed by atoms with Gasteiger partial charge in [-0.05, 0) is 37.4 Å². The van der Waals surface area contributed by atoms with Gasteiger partial charge in [0.1, 0.15) is 5.75 Å². The van der Waals surface area contributed by atoms with Crippen LogP contribution in [0.2, 0.25) is 0 Å². The molecule has 2 aliphatic rings. The number of fused-ring (bicyclic) bond motifs is 2. The van der Waals surface area contributed by atoms with E-state index in [1.807, 2.05) is 24.3 Å². The molecule has 3 unspecified atom stereocenters. The van der Waals surface area contributed by atoms with Crippen molar-refractivity contribution < 1.29 is 9.84 Å². The summed E-state index contributed by atoms with van der Waals surface area (Å²) in [6, 6.07) is 7.96. The molecule has 2 N–H and O–H groups in total. The van der Waals surface area contributed by atoms with Gasteiger partial charge >= 0.3 is 0 Å². The van der Waals surface area contributed by atoms with Gasteiger partial charge in [0, 0.05) is 24.8 Å². The molecule has 2 bridgehead atoms. The quantitative estimate of drug-likeness (QED) is 0.864. The fraction of sp³-hybridized carbons (Fsp3) is 0.600. The molecule has 2 saturated heterocycles. The lowest BCUT2D eigenvalue weighted by molar-refractivity contribution is 0.112. The Morgan fingerprint density at radius 3 is 3.16 bits per heavy atom. The van der Waals surface area contributed by atoms with Crippen LogP contribution in [0, 0.1) is 5.92 Å².